The van der Waals surface area contributed by atoms with Crippen LogP contribution in [-0.2, 0) is 9.59 Å². The van der Waals surface area contributed by atoms with E-state index in [1.165, 1.54) is 11.9 Å². The first-order valence-corrected chi connectivity index (χ1v) is 11.4. The lowest BCUT2D eigenvalue weighted by Crippen LogP contribution is -2.50. The Kier molecular flexibility index (Phi) is 8.44. The summed E-state index contributed by atoms with van der Waals surface area (Å²) in [6.07, 6.45) is 0.232. The Bertz CT molecular complexity index is 1100. The van der Waals surface area contributed by atoms with Crippen LogP contribution in [0.15, 0.2) is 67.0 Å². The Morgan fingerprint density at radius 2 is 1.79 bits per heavy atom. The van der Waals surface area contributed by atoms with Gasteiger partial charge in [0.2, 0.25) is 0 Å². The average molecular weight is 485 g/mol. The molecule has 3 N–H and O–H groups in total. The van der Waals surface area contributed by atoms with Gasteiger partial charge in [-0.05, 0) is 54.8 Å². The molecule has 0 saturated carbocycles. The maximum Gasteiger partial charge on any atom is 0.254 e. The number of hydrogen-bond donors (Lipinski definition) is 3. The molecule has 0 saturated heterocycles. The quantitative estimate of drug-likeness (QED) is 0.432. The van der Waals surface area contributed by atoms with Crippen molar-refractivity contribution in [3.63, 3.8) is 0 Å². The number of benzene rings is 2. The molecule has 8 nitrogen and oxygen atoms in total. The first-order valence-electron chi connectivity index (χ1n) is 11.0. The molecule has 9 heteroatoms. The van der Waals surface area contributed by atoms with E-state index in [0.717, 1.165) is 16.8 Å². The second-order valence-electron chi connectivity index (χ2n) is 8.09. The summed E-state index contributed by atoms with van der Waals surface area (Å²) >= 11 is 6.07. The van der Waals surface area contributed by atoms with Crippen LogP contribution in [0, 0.1) is 0 Å². The molecule has 0 fully saturated rings. The van der Waals surface area contributed by atoms with Crippen LogP contribution in [-0.4, -0.2) is 56.0 Å². The molecule has 2 unspecified atom stereocenters. The van der Waals surface area contributed by atoms with E-state index in [1.54, 1.807) is 36.0 Å². The van der Waals surface area contributed by atoms with Crippen molar-refractivity contribution in [1.82, 2.24) is 20.0 Å². The van der Waals surface area contributed by atoms with Gasteiger partial charge in [0.25, 0.3) is 11.8 Å². The Morgan fingerprint density at radius 1 is 1.09 bits per heavy atom. The number of likely N-dealkylation sites (N-methyl/N-ethyl adjacent to an activating group) is 1. The van der Waals surface area contributed by atoms with Crippen LogP contribution in [0.2, 0.25) is 5.02 Å². The minimum Gasteiger partial charge on any atom is -0.380 e. The predicted octanol–water partition coefficient (Wildman–Crippen LogP) is 3.03. The third-order valence-electron chi connectivity index (χ3n) is 5.78. The third kappa shape index (κ3) is 5.83. The molecule has 3 aromatic rings. The van der Waals surface area contributed by atoms with Gasteiger partial charge in [-0.2, -0.15) is 5.10 Å². The van der Waals surface area contributed by atoms with Crippen molar-refractivity contribution in [3.8, 4) is 5.69 Å². The number of carbonyl (C=O) groups excluding carboxylic acids is 2. The van der Waals surface area contributed by atoms with Crippen LogP contribution in [0.4, 0.5) is 0 Å². The van der Waals surface area contributed by atoms with Gasteiger partial charge in [-0.25, -0.2) is 4.68 Å². The molecule has 0 aliphatic heterocycles. The normalized spacial score (nSPS) is 14.6. The van der Waals surface area contributed by atoms with Gasteiger partial charge in [0.1, 0.15) is 0 Å². The molecular formula is C25H29ClN4O4. The van der Waals surface area contributed by atoms with Crippen LogP contribution < -0.4 is 5.32 Å². The molecule has 0 aliphatic rings. The van der Waals surface area contributed by atoms with E-state index < -0.39 is 30.1 Å². The van der Waals surface area contributed by atoms with E-state index in [1.807, 2.05) is 49.5 Å². The molecule has 4 atom stereocenters. The monoisotopic (exact) mass is 484 g/mol. The summed E-state index contributed by atoms with van der Waals surface area (Å²) in [5.74, 6) is -1.60. The Hall–Kier alpha value is -3.20. The summed E-state index contributed by atoms with van der Waals surface area (Å²) in [6.45, 7) is 3.64. The zero-order chi connectivity index (χ0) is 24.8. The first-order chi connectivity index (χ1) is 16.2. The van der Waals surface area contributed by atoms with Crippen molar-refractivity contribution in [3.05, 3.63) is 83.1 Å². The van der Waals surface area contributed by atoms with E-state index >= 15 is 0 Å². The van der Waals surface area contributed by atoms with E-state index in [4.69, 9.17) is 11.6 Å². The number of hydrogen-bond acceptors (Lipinski definition) is 5. The lowest BCUT2D eigenvalue weighted by Gasteiger charge is -2.31. The van der Waals surface area contributed by atoms with Crippen molar-refractivity contribution >= 4 is 23.4 Å². The Morgan fingerprint density at radius 3 is 2.38 bits per heavy atom. The first kappa shape index (κ1) is 25.4. The van der Waals surface area contributed by atoms with Gasteiger partial charge in [0.15, 0.2) is 12.2 Å². The topological polar surface area (TPSA) is 108 Å². The number of halogens is 1. The second-order valence-corrected chi connectivity index (χ2v) is 8.53. The number of aromatic nitrogens is 2. The Balaban J connectivity index is 1.62. The van der Waals surface area contributed by atoms with Crippen molar-refractivity contribution in [1.29, 1.82) is 0 Å². The molecule has 180 valence electrons. The summed E-state index contributed by atoms with van der Waals surface area (Å²) in [6, 6.07) is 15.5. The fourth-order valence-corrected chi connectivity index (χ4v) is 4.01. The van der Waals surface area contributed by atoms with Crippen LogP contribution in [0.3, 0.4) is 0 Å². The highest BCUT2D eigenvalue weighted by atomic mass is 35.5. The molecule has 0 aliphatic carbocycles. The molecule has 2 aromatic carbocycles. The summed E-state index contributed by atoms with van der Waals surface area (Å²) < 4.78 is 1.71. The fourth-order valence-electron chi connectivity index (χ4n) is 3.81. The number of rotatable bonds is 9. The zero-order valence-corrected chi connectivity index (χ0v) is 20.1. The largest absolute Gasteiger partial charge is 0.380 e. The molecule has 1 aromatic heterocycles. The van der Waals surface area contributed by atoms with Gasteiger partial charge >= 0.3 is 0 Å². The minimum atomic E-state index is -1.92. The van der Waals surface area contributed by atoms with Crippen molar-refractivity contribution < 1.29 is 19.8 Å². The third-order valence-corrected chi connectivity index (χ3v) is 6.01. The van der Waals surface area contributed by atoms with Crippen LogP contribution in [0.1, 0.15) is 43.5 Å². The summed E-state index contributed by atoms with van der Waals surface area (Å²) in [5.41, 5.74) is 2.45. The molecule has 1 heterocycles. The molecule has 34 heavy (non-hydrogen) atoms. The van der Waals surface area contributed by atoms with E-state index in [-0.39, 0.29) is 6.04 Å². The Labute approximate surface area is 203 Å². The lowest BCUT2D eigenvalue weighted by atomic mass is 10.0. The number of aliphatic hydroxyl groups is 2. The lowest BCUT2D eigenvalue weighted by molar-refractivity contribution is -0.154. The molecule has 3 rings (SSSR count). The number of carbonyl (C=O) groups is 2. The second kappa shape index (κ2) is 11.3. The van der Waals surface area contributed by atoms with E-state index in [2.05, 4.69) is 10.4 Å². The van der Waals surface area contributed by atoms with Gasteiger partial charge in [-0.15, -0.1) is 0 Å². The van der Waals surface area contributed by atoms with Crippen molar-refractivity contribution in [2.45, 2.75) is 44.6 Å². The zero-order valence-electron chi connectivity index (χ0n) is 19.3. The highest BCUT2D eigenvalue weighted by Crippen LogP contribution is 2.26. The molecule has 0 radical (unpaired) electrons. The van der Waals surface area contributed by atoms with E-state index in [0.29, 0.717) is 11.4 Å². The number of aliphatic hydroxyl groups excluding tert-OH is 2. The highest BCUT2D eigenvalue weighted by molar-refractivity contribution is 6.30. The van der Waals surface area contributed by atoms with Gasteiger partial charge in [-0.1, -0.05) is 42.8 Å². The van der Waals surface area contributed by atoms with Crippen LogP contribution in [0.5, 0.6) is 0 Å². The maximum absolute atomic E-state index is 12.8. The smallest absolute Gasteiger partial charge is 0.254 e. The molecular weight excluding hydrogens is 456 g/mol. The average Bonchev–Trinajstić information content (AvgIpc) is 3.38. The molecule has 0 spiro atoms. The molecule has 0 bridgehead atoms. The fraction of sp³-hybridized carbons (Fsp3) is 0.320. The highest BCUT2D eigenvalue weighted by Gasteiger charge is 2.35. The minimum absolute atomic E-state index is 0.372. The SMILES string of the molecule is CCC(c1cccc(Cl)c1)N(C)C(=O)C(O)[C@@H](O)C(=O)N[C@H](C)c1ccc(-n2cccn2)cc1. The van der Waals surface area contributed by atoms with Crippen LogP contribution >= 0.6 is 11.6 Å². The summed E-state index contributed by atoms with van der Waals surface area (Å²) in [7, 11) is 1.52. The number of amides is 2. The van der Waals surface area contributed by atoms with Gasteiger partial charge in [-0.3, -0.25) is 9.59 Å². The standard InChI is InChI=1S/C25H29ClN4O4/c1-4-21(18-7-5-8-19(26)15-18)29(3)25(34)23(32)22(31)24(33)28-16(2)17-9-11-20(12-10-17)30-14-6-13-27-30/h5-16,21-23,31-32H,4H2,1-3H3,(H,28,33)/t16-,21?,22-,23?/m1/s1. The van der Waals surface area contributed by atoms with Crippen molar-refractivity contribution in [2.75, 3.05) is 7.05 Å². The van der Waals surface area contributed by atoms with Gasteiger partial charge in [0, 0.05) is 24.5 Å². The summed E-state index contributed by atoms with van der Waals surface area (Å²) in [5, 5.41) is 28.2. The predicted molar refractivity (Wildman–Crippen MR) is 129 cm³/mol. The van der Waals surface area contributed by atoms with Gasteiger partial charge in [0.05, 0.1) is 17.8 Å². The summed E-state index contributed by atoms with van der Waals surface area (Å²) in [4.78, 5) is 26.8. The maximum atomic E-state index is 12.8. The van der Waals surface area contributed by atoms with E-state index in [9.17, 15) is 19.8 Å². The van der Waals surface area contributed by atoms with Crippen LogP contribution in [0.25, 0.3) is 5.69 Å². The van der Waals surface area contributed by atoms with Crippen molar-refractivity contribution in [2.24, 2.45) is 0 Å². The van der Waals surface area contributed by atoms with Gasteiger partial charge < -0.3 is 20.4 Å². The number of nitrogens with one attached hydrogen (secondary N) is 1. The molecule has 2 amide bonds. The number of nitrogens with zero attached hydrogens (tertiary/aromatic N) is 3.